The van der Waals surface area contributed by atoms with Crippen LogP contribution in [-0.2, 0) is 16.0 Å². The first kappa shape index (κ1) is 14.0. The Hall–Kier alpha value is -1.47. The van der Waals surface area contributed by atoms with Crippen LogP contribution in [0.2, 0.25) is 0 Å². The zero-order chi connectivity index (χ0) is 13.8. The van der Waals surface area contributed by atoms with Gasteiger partial charge in [0.1, 0.15) is 0 Å². The standard InChI is InChI=1S/C12H17N3O3S/c1-9-13-10(8-19-9)6-11(16)15-4-2-14(3-5-15)7-12(17)18/h8H,2-7H2,1H3,(H,17,18). The molecule has 1 N–H and O–H groups in total. The third kappa shape index (κ3) is 4.00. The first-order chi connectivity index (χ1) is 9.04. The Balaban J connectivity index is 1.80. The van der Waals surface area contributed by atoms with E-state index in [1.54, 1.807) is 16.2 Å². The fourth-order valence-electron chi connectivity index (χ4n) is 2.10. The molecule has 0 aromatic carbocycles. The van der Waals surface area contributed by atoms with Gasteiger partial charge in [-0.3, -0.25) is 14.5 Å². The lowest BCUT2D eigenvalue weighted by molar-refractivity contribution is -0.139. The normalized spacial score (nSPS) is 16.6. The Morgan fingerprint density at radius 2 is 2.05 bits per heavy atom. The molecule has 1 saturated heterocycles. The number of hydrogen-bond donors (Lipinski definition) is 1. The number of carbonyl (C=O) groups excluding carboxylic acids is 1. The van der Waals surface area contributed by atoms with Crippen LogP contribution >= 0.6 is 11.3 Å². The third-order valence-corrected chi connectivity index (χ3v) is 3.91. The molecule has 0 atom stereocenters. The number of carbonyl (C=O) groups is 2. The number of aliphatic carboxylic acids is 1. The van der Waals surface area contributed by atoms with Crippen LogP contribution in [0.15, 0.2) is 5.38 Å². The molecule has 1 aromatic heterocycles. The molecule has 0 unspecified atom stereocenters. The summed E-state index contributed by atoms with van der Waals surface area (Å²) in [7, 11) is 0. The number of piperazine rings is 1. The van der Waals surface area contributed by atoms with E-state index in [4.69, 9.17) is 5.11 Å². The van der Waals surface area contributed by atoms with Gasteiger partial charge in [-0.05, 0) is 6.92 Å². The number of amides is 1. The topological polar surface area (TPSA) is 73.7 Å². The summed E-state index contributed by atoms with van der Waals surface area (Å²) in [5.74, 6) is -0.752. The fourth-order valence-corrected chi connectivity index (χ4v) is 2.72. The van der Waals surface area contributed by atoms with Crippen LogP contribution < -0.4 is 0 Å². The van der Waals surface area contributed by atoms with E-state index >= 15 is 0 Å². The number of thiazole rings is 1. The van der Waals surface area contributed by atoms with Gasteiger partial charge in [0.2, 0.25) is 5.91 Å². The second-order valence-electron chi connectivity index (χ2n) is 4.59. The van der Waals surface area contributed by atoms with Crippen molar-refractivity contribution >= 4 is 23.2 Å². The summed E-state index contributed by atoms with van der Waals surface area (Å²) in [6.07, 6.45) is 0.337. The van der Waals surface area contributed by atoms with Crippen LogP contribution in [0.1, 0.15) is 10.7 Å². The first-order valence-electron chi connectivity index (χ1n) is 6.17. The van der Waals surface area contributed by atoms with Crippen LogP contribution in [0.25, 0.3) is 0 Å². The lowest BCUT2D eigenvalue weighted by atomic mass is 10.2. The van der Waals surface area contributed by atoms with E-state index in [9.17, 15) is 9.59 Å². The molecule has 1 aliphatic rings. The van der Waals surface area contributed by atoms with Crippen molar-refractivity contribution in [1.29, 1.82) is 0 Å². The van der Waals surface area contributed by atoms with Crippen LogP contribution in [0.3, 0.4) is 0 Å². The van der Waals surface area contributed by atoms with Gasteiger partial charge in [0.15, 0.2) is 0 Å². The maximum absolute atomic E-state index is 12.1. The lowest BCUT2D eigenvalue weighted by Gasteiger charge is -2.33. The van der Waals surface area contributed by atoms with Crippen molar-refractivity contribution in [3.05, 3.63) is 16.1 Å². The van der Waals surface area contributed by atoms with E-state index in [0.717, 1.165) is 10.7 Å². The molecule has 1 amide bonds. The van der Waals surface area contributed by atoms with Gasteiger partial charge >= 0.3 is 5.97 Å². The number of aromatic nitrogens is 1. The number of carboxylic acid groups (broad SMARTS) is 1. The summed E-state index contributed by atoms with van der Waals surface area (Å²) in [5.41, 5.74) is 0.820. The van der Waals surface area contributed by atoms with E-state index in [2.05, 4.69) is 4.98 Å². The zero-order valence-corrected chi connectivity index (χ0v) is 11.7. The SMILES string of the molecule is Cc1nc(CC(=O)N2CCN(CC(=O)O)CC2)cs1. The molecule has 0 aliphatic carbocycles. The van der Waals surface area contributed by atoms with Crippen molar-refractivity contribution in [2.24, 2.45) is 0 Å². The minimum atomic E-state index is -0.822. The second kappa shape index (κ2) is 6.12. The number of rotatable bonds is 4. The molecule has 0 bridgehead atoms. The molecule has 0 saturated carbocycles. The molecule has 7 heteroatoms. The Kier molecular flexibility index (Phi) is 4.49. The van der Waals surface area contributed by atoms with Crippen LogP contribution in [0, 0.1) is 6.92 Å². The van der Waals surface area contributed by atoms with E-state index in [0.29, 0.717) is 32.6 Å². The maximum atomic E-state index is 12.1. The van der Waals surface area contributed by atoms with Crippen molar-refractivity contribution in [1.82, 2.24) is 14.8 Å². The van der Waals surface area contributed by atoms with E-state index in [1.807, 2.05) is 17.2 Å². The van der Waals surface area contributed by atoms with Crippen LogP contribution in [0.4, 0.5) is 0 Å². The molecule has 0 radical (unpaired) electrons. The highest BCUT2D eigenvalue weighted by atomic mass is 32.1. The molecule has 1 aliphatic heterocycles. The summed E-state index contributed by atoms with van der Waals surface area (Å²) >= 11 is 1.54. The summed E-state index contributed by atoms with van der Waals surface area (Å²) in [5, 5.41) is 11.6. The predicted molar refractivity (Wildman–Crippen MR) is 71.2 cm³/mol. The molecule has 1 aromatic rings. The van der Waals surface area contributed by atoms with Gasteiger partial charge in [-0.1, -0.05) is 0 Å². The quantitative estimate of drug-likeness (QED) is 0.856. The minimum Gasteiger partial charge on any atom is -0.480 e. The predicted octanol–water partition coefficient (Wildman–Crippen LogP) is 0.223. The summed E-state index contributed by atoms with van der Waals surface area (Å²) in [6, 6.07) is 0. The fraction of sp³-hybridized carbons (Fsp3) is 0.583. The van der Waals surface area contributed by atoms with Gasteiger partial charge in [-0.25, -0.2) is 4.98 Å². The summed E-state index contributed by atoms with van der Waals surface area (Å²) in [6.45, 7) is 4.39. The average molecular weight is 283 g/mol. The number of carboxylic acids is 1. The lowest BCUT2D eigenvalue weighted by Crippen LogP contribution is -2.50. The van der Waals surface area contributed by atoms with E-state index in [1.165, 1.54) is 0 Å². The molecule has 19 heavy (non-hydrogen) atoms. The van der Waals surface area contributed by atoms with Crippen molar-refractivity contribution in [3.8, 4) is 0 Å². The first-order valence-corrected chi connectivity index (χ1v) is 7.05. The molecule has 6 nitrogen and oxygen atoms in total. The van der Waals surface area contributed by atoms with E-state index < -0.39 is 5.97 Å². The summed E-state index contributed by atoms with van der Waals surface area (Å²) in [4.78, 5) is 30.6. The molecular formula is C12H17N3O3S. The van der Waals surface area contributed by atoms with Gasteiger partial charge in [0.05, 0.1) is 23.7 Å². The van der Waals surface area contributed by atoms with E-state index in [-0.39, 0.29) is 12.5 Å². The molecule has 2 heterocycles. The van der Waals surface area contributed by atoms with Gasteiger partial charge in [-0.15, -0.1) is 11.3 Å². The monoisotopic (exact) mass is 283 g/mol. The number of aryl methyl sites for hydroxylation is 1. The maximum Gasteiger partial charge on any atom is 0.317 e. The molecule has 104 valence electrons. The summed E-state index contributed by atoms with van der Waals surface area (Å²) < 4.78 is 0. The smallest absolute Gasteiger partial charge is 0.317 e. The Labute approximate surface area is 115 Å². The molecule has 2 rings (SSSR count). The van der Waals surface area contributed by atoms with Crippen molar-refractivity contribution in [2.45, 2.75) is 13.3 Å². The second-order valence-corrected chi connectivity index (χ2v) is 5.65. The average Bonchev–Trinajstić information content (AvgIpc) is 2.75. The highest BCUT2D eigenvalue weighted by Crippen LogP contribution is 2.10. The highest BCUT2D eigenvalue weighted by molar-refractivity contribution is 7.09. The van der Waals surface area contributed by atoms with Gasteiger partial charge in [0, 0.05) is 31.6 Å². The number of hydrogen-bond acceptors (Lipinski definition) is 5. The Morgan fingerprint density at radius 3 is 2.58 bits per heavy atom. The van der Waals surface area contributed by atoms with Gasteiger partial charge < -0.3 is 10.0 Å². The minimum absolute atomic E-state index is 0.0489. The van der Waals surface area contributed by atoms with Gasteiger partial charge in [-0.2, -0.15) is 0 Å². The van der Waals surface area contributed by atoms with Crippen molar-refractivity contribution in [3.63, 3.8) is 0 Å². The largest absolute Gasteiger partial charge is 0.480 e. The van der Waals surface area contributed by atoms with Crippen LogP contribution in [0.5, 0.6) is 0 Å². The Bertz CT molecular complexity index is 467. The zero-order valence-electron chi connectivity index (χ0n) is 10.8. The number of nitrogens with zero attached hydrogens (tertiary/aromatic N) is 3. The van der Waals surface area contributed by atoms with Crippen molar-refractivity contribution in [2.75, 3.05) is 32.7 Å². The third-order valence-electron chi connectivity index (χ3n) is 3.08. The Morgan fingerprint density at radius 1 is 1.37 bits per heavy atom. The molecule has 0 spiro atoms. The molecular weight excluding hydrogens is 266 g/mol. The molecule has 1 fully saturated rings. The van der Waals surface area contributed by atoms with Crippen LogP contribution in [-0.4, -0.2) is 64.5 Å². The van der Waals surface area contributed by atoms with Gasteiger partial charge in [0.25, 0.3) is 0 Å². The highest BCUT2D eigenvalue weighted by Gasteiger charge is 2.22. The van der Waals surface area contributed by atoms with Crippen molar-refractivity contribution < 1.29 is 14.7 Å².